The Labute approximate surface area is 182 Å². The predicted molar refractivity (Wildman–Crippen MR) is 125 cm³/mol. The van der Waals surface area contributed by atoms with Crippen LogP contribution in [0.4, 0.5) is 0 Å². The van der Waals surface area contributed by atoms with E-state index in [1.54, 1.807) is 0 Å². The zero-order valence-corrected chi connectivity index (χ0v) is 20.1. The van der Waals surface area contributed by atoms with Gasteiger partial charge >= 0.3 is 0 Å². The Morgan fingerprint density at radius 1 is 0.862 bits per heavy atom. The Morgan fingerprint density at radius 2 is 1.45 bits per heavy atom. The van der Waals surface area contributed by atoms with Crippen molar-refractivity contribution in [1.29, 1.82) is 0 Å². The summed E-state index contributed by atoms with van der Waals surface area (Å²) in [7, 11) is 0. The summed E-state index contributed by atoms with van der Waals surface area (Å²) >= 11 is 0. The van der Waals surface area contributed by atoms with Crippen LogP contribution in [-0.2, 0) is 4.79 Å². The quantitative estimate of drug-likeness (QED) is 0.376. The average Bonchev–Trinajstić information content (AvgIpc) is 2.73. The van der Waals surface area contributed by atoms with E-state index in [1.807, 2.05) is 0 Å². The molecule has 2 fully saturated rings. The van der Waals surface area contributed by atoms with Crippen molar-refractivity contribution in [2.75, 3.05) is 32.7 Å². The molecule has 29 heavy (non-hydrogen) atoms. The second-order valence-corrected chi connectivity index (χ2v) is 10.6. The first-order valence-electron chi connectivity index (χ1n) is 13.0. The fourth-order valence-electron chi connectivity index (χ4n) is 5.10. The molecule has 2 aliphatic rings. The highest BCUT2D eigenvalue weighted by atomic mass is 16.2. The second kappa shape index (κ2) is 13.7. The van der Waals surface area contributed by atoms with Gasteiger partial charge in [-0.3, -0.25) is 4.79 Å². The van der Waals surface area contributed by atoms with Crippen LogP contribution in [-0.4, -0.2) is 48.4 Å². The van der Waals surface area contributed by atoms with Gasteiger partial charge in [0.25, 0.3) is 0 Å². The predicted octanol–water partition coefficient (Wildman–Crippen LogP) is 6.37. The molecule has 2 heterocycles. The van der Waals surface area contributed by atoms with Gasteiger partial charge < -0.3 is 9.80 Å². The van der Waals surface area contributed by atoms with Gasteiger partial charge in [0.15, 0.2) is 0 Å². The minimum atomic E-state index is 0.396. The van der Waals surface area contributed by atoms with E-state index in [4.69, 9.17) is 0 Å². The Morgan fingerprint density at radius 3 is 2.00 bits per heavy atom. The van der Waals surface area contributed by atoms with Crippen LogP contribution >= 0.6 is 0 Å². The maximum atomic E-state index is 12.3. The van der Waals surface area contributed by atoms with Crippen LogP contribution in [0.5, 0.6) is 0 Å². The standard InChI is InChI=1S/C26H50N2O/c1-5-23(4)8-7-17-27-18-13-24(14-19-27)9-6-10-25-15-20-28(21-16-25)26(29)12-11-22(2)3/h22-25H,5-21H2,1-4H3. The number of likely N-dealkylation sites (tertiary alicyclic amines) is 2. The first-order chi connectivity index (χ1) is 14.0. The summed E-state index contributed by atoms with van der Waals surface area (Å²) in [6, 6.07) is 0. The molecule has 0 spiro atoms. The Bertz CT molecular complexity index is 434. The zero-order valence-electron chi connectivity index (χ0n) is 20.1. The van der Waals surface area contributed by atoms with Crippen LogP contribution in [0.3, 0.4) is 0 Å². The molecule has 3 nitrogen and oxygen atoms in total. The molecule has 170 valence electrons. The number of piperidine rings is 2. The molecule has 1 unspecified atom stereocenters. The number of rotatable bonds is 12. The fourth-order valence-corrected chi connectivity index (χ4v) is 5.10. The lowest BCUT2D eigenvalue weighted by atomic mass is 9.86. The first-order valence-corrected chi connectivity index (χ1v) is 13.0. The SMILES string of the molecule is CCC(C)CCCN1CCC(CCCC2CCN(C(=O)CCC(C)C)CC2)CC1. The number of carbonyl (C=O) groups is 1. The van der Waals surface area contributed by atoms with Crippen molar-refractivity contribution in [2.24, 2.45) is 23.7 Å². The molecule has 0 aromatic rings. The van der Waals surface area contributed by atoms with Crippen molar-refractivity contribution in [1.82, 2.24) is 9.80 Å². The molecule has 0 aromatic heterocycles. The Kier molecular flexibility index (Phi) is 11.6. The summed E-state index contributed by atoms with van der Waals surface area (Å²) in [5.74, 6) is 3.77. The van der Waals surface area contributed by atoms with Crippen LogP contribution in [0, 0.1) is 23.7 Å². The number of amides is 1. The maximum absolute atomic E-state index is 12.3. The highest BCUT2D eigenvalue weighted by Gasteiger charge is 2.23. The largest absolute Gasteiger partial charge is 0.343 e. The van der Waals surface area contributed by atoms with E-state index >= 15 is 0 Å². The van der Waals surface area contributed by atoms with Gasteiger partial charge in [0.2, 0.25) is 5.91 Å². The van der Waals surface area contributed by atoms with Gasteiger partial charge in [-0.1, -0.05) is 53.4 Å². The zero-order chi connectivity index (χ0) is 21.1. The molecule has 2 aliphatic heterocycles. The van der Waals surface area contributed by atoms with E-state index in [1.165, 1.54) is 83.8 Å². The summed E-state index contributed by atoms with van der Waals surface area (Å²) in [5, 5.41) is 0. The molecular weight excluding hydrogens is 356 g/mol. The topological polar surface area (TPSA) is 23.6 Å². The molecule has 0 aliphatic carbocycles. The number of carbonyl (C=O) groups excluding carboxylic acids is 1. The summed E-state index contributed by atoms with van der Waals surface area (Å²) in [6.45, 7) is 15.1. The molecule has 0 radical (unpaired) electrons. The van der Waals surface area contributed by atoms with E-state index in [2.05, 4.69) is 37.5 Å². The lowest BCUT2D eigenvalue weighted by molar-refractivity contribution is -0.132. The molecule has 1 atom stereocenters. The molecule has 1 amide bonds. The maximum Gasteiger partial charge on any atom is 0.222 e. The van der Waals surface area contributed by atoms with E-state index < -0.39 is 0 Å². The van der Waals surface area contributed by atoms with Crippen LogP contribution in [0.1, 0.15) is 105 Å². The number of hydrogen-bond donors (Lipinski definition) is 0. The summed E-state index contributed by atoms with van der Waals surface area (Å²) < 4.78 is 0. The van der Waals surface area contributed by atoms with E-state index in [0.717, 1.165) is 43.7 Å². The van der Waals surface area contributed by atoms with Crippen molar-refractivity contribution in [3.8, 4) is 0 Å². The lowest BCUT2D eigenvalue weighted by Gasteiger charge is -2.34. The second-order valence-electron chi connectivity index (χ2n) is 10.6. The van der Waals surface area contributed by atoms with Crippen molar-refractivity contribution in [2.45, 2.75) is 105 Å². The third-order valence-electron chi connectivity index (χ3n) is 7.70. The highest BCUT2D eigenvalue weighted by Crippen LogP contribution is 2.28. The van der Waals surface area contributed by atoms with Crippen LogP contribution in [0.15, 0.2) is 0 Å². The minimum Gasteiger partial charge on any atom is -0.343 e. The third kappa shape index (κ3) is 9.85. The van der Waals surface area contributed by atoms with Crippen molar-refractivity contribution < 1.29 is 4.79 Å². The Balaban J connectivity index is 1.50. The molecule has 0 aromatic carbocycles. The molecule has 3 heteroatoms. The normalized spacial score (nSPS) is 21.1. The Hall–Kier alpha value is -0.570. The van der Waals surface area contributed by atoms with Crippen molar-refractivity contribution in [3.05, 3.63) is 0 Å². The monoisotopic (exact) mass is 406 g/mol. The van der Waals surface area contributed by atoms with Gasteiger partial charge in [0.05, 0.1) is 0 Å². The van der Waals surface area contributed by atoms with E-state index in [-0.39, 0.29) is 0 Å². The summed E-state index contributed by atoms with van der Waals surface area (Å²) in [5.41, 5.74) is 0. The minimum absolute atomic E-state index is 0.396. The number of hydrogen-bond acceptors (Lipinski definition) is 2. The number of nitrogens with zero attached hydrogens (tertiary/aromatic N) is 2. The third-order valence-corrected chi connectivity index (χ3v) is 7.70. The average molecular weight is 407 g/mol. The fraction of sp³-hybridized carbons (Fsp3) is 0.962. The van der Waals surface area contributed by atoms with Gasteiger partial charge in [0, 0.05) is 19.5 Å². The van der Waals surface area contributed by atoms with Gasteiger partial charge in [-0.05, 0) is 88.3 Å². The molecular formula is C26H50N2O. The molecule has 2 saturated heterocycles. The lowest BCUT2D eigenvalue weighted by Crippen LogP contribution is -2.38. The van der Waals surface area contributed by atoms with Gasteiger partial charge in [0.1, 0.15) is 0 Å². The van der Waals surface area contributed by atoms with Crippen molar-refractivity contribution >= 4 is 5.91 Å². The molecule has 0 N–H and O–H groups in total. The molecule has 2 rings (SSSR count). The smallest absolute Gasteiger partial charge is 0.222 e. The van der Waals surface area contributed by atoms with Gasteiger partial charge in [-0.15, -0.1) is 0 Å². The van der Waals surface area contributed by atoms with Crippen LogP contribution in [0.2, 0.25) is 0 Å². The van der Waals surface area contributed by atoms with Gasteiger partial charge in [-0.25, -0.2) is 0 Å². The van der Waals surface area contributed by atoms with Crippen LogP contribution in [0.25, 0.3) is 0 Å². The summed E-state index contributed by atoms with van der Waals surface area (Å²) in [6.07, 6.45) is 15.5. The highest BCUT2D eigenvalue weighted by molar-refractivity contribution is 5.76. The van der Waals surface area contributed by atoms with Crippen LogP contribution < -0.4 is 0 Å². The van der Waals surface area contributed by atoms with Crippen molar-refractivity contribution in [3.63, 3.8) is 0 Å². The molecule has 0 saturated carbocycles. The van der Waals surface area contributed by atoms with Gasteiger partial charge in [-0.2, -0.15) is 0 Å². The summed E-state index contributed by atoms with van der Waals surface area (Å²) in [4.78, 5) is 17.1. The first kappa shape index (κ1) is 24.7. The molecule has 0 bridgehead atoms. The van der Waals surface area contributed by atoms with E-state index in [9.17, 15) is 4.79 Å². The van der Waals surface area contributed by atoms with E-state index in [0.29, 0.717) is 11.8 Å².